The molecule has 1 aromatic carbocycles. The van der Waals surface area contributed by atoms with Crippen LogP contribution in [0, 0.1) is 6.92 Å². The van der Waals surface area contributed by atoms with Crippen LogP contribution in [0.5, 0.6) is 0 Å². The molecule has 0 aliphatic rings. The van der Waals surface area contributed by atoms with Crippen LogP contribution >= 0.6 is 0 Å². The molecule has 84 valence electrons. The van der Waals surface area contributed by atoms with E-state index in [1.165, 1.54) is 5.56 Å². The number of benzene rings is 1. The highest BCUT2D eigenvalue weighted by molar-refractivity contribution is 5.77. The molecule has 1 aromatic heterocycles. The molecule has 0 N–H and O–H groups in total. The molecular weight excluding hydrogens is 200 g/mol. The molecule has 16 heavy (non-hydrogen) atoms. The number of hydrogen-bond acceptors (Lipinski definition) is 2. The molecule has 0 atom stereocenters. The largest absolute Gasteiger partial charge is 0.423 e. The SMILES string of the molecule is Cc1ccc2oc(=O)c(C(C)(C)C)cc2c1. The van der Waals surface area contributed by atoms with Gasteiger partial charge in [0, 0.05) is 10.9 Å². The summed E-state index contributed by atoms with van der Waals surface area (Å²) >= 11 is 0. The van der Waals surface area contributed by atoms with Crippen LogP contribution in [0.1, 0.15) is 31.9 Å². The van der Waals surface area contributed by atoms with Crippen LogP contribution in [0.2, 0.25) is 0 Å². The molecule has 0 fully saturated rings. The Morgan fingerprint density at radius 1 is 1.12 bits per heavy atom. The van der Waals surface area contributed by atoms with Gasteiger partial charge in [-0.1, -0.05) is 32.4 Å². The summed E-state index contributed by atoms with van der Waals surface area (Å²) in [6.07, 6.45) is 0. The van der Waals surface area contributed by atoms with Gasteiger partial charge in [0.05, 0.1) is 0 Å². The Morgan fingerprint density at radius 2 is 1.81 bits per heavy atom. The Morgan fingerprint density at radius 3 is 2.44 bits per heavy atom. The van der Waals surface area contributed by atoms with Crippen LogP contribution in [0.3, 0.4) is 0 Å². The van der Waals surface area contributed by atoms with Crippen molar-refractivity contribution in [3.05, 3.63) is 45.8 Å². The van der Waals surface area contributed by atoms with Crippen molar-refractivity contribution in [1.82, 2.24) is 0 Å². The molecule has 0 radical (unpaired) electrons. The van der Waals surface area contributed by atoms with Crippen molar-refractivity contribution in [3.8, 4) is 0 Å². The number of rotatable bonds is 0. The van der Waals surface area contributed by atoms with E-state index in [1.54, 1.807) is 0 Å². The summed E-state index contributed by atoms with van der Waals surface area (Å²) in [4.78, 5) is 11.8. The lowest BCUT2D eigenvalue weighted by molar-refractivity contribution is 0.502. The Kier molecular flexibility index (Phi) is 2.38. The zero-order valence-corrected chi connectivity index (χ0v) is 10.1. The number of aryl methyl sites for hydroxylation is 1. The molecule has 0 unspecified atom stereocenters. The van der Waals surface area contributed by atoms with Gasteiger partial charge in [-0.3, -0.25) is 0 Å². The van der Waals surface area contributed by atoms with Crippen LogP contribution in [0.4, 0.5) is 0 Å². The topological polar surface area (TPSA) is 30.2 Å². The van der Waals surface area contributed by atoms with E-state index in [0.717, 1.165) is 10.9 Å². The van der Waals surface area contributed by atoms with Crippen LogP contribution in [-0.4, -0.2) is 0 Å². The van der Waals surface area contributed by atoms with Crippen LogP contribution in [0.25, 0.3) is 11.0 Å². The first-order valence-corrected chi connectivity index (χ1v) is 5.43. The fourth-order valence-corrected chi connectivity index (χ4v) is 1.77. The quantitative estimate of drug-likeness (QED) is 0.632. The van der Waals surface area contributed by atoms with Crippen molar-refractivity contribution in [1.29, 1.82) is 0 Å². The second kappa shape index (κ2) is 3.48. The predicted molar refractivity (Wildman–Crippen MR) is 65.9 cm³/mol. The lowest BCUT2D eigenvalue weighted by Crippen LogP contribution is -2.21. The van der Waals surface area contributed by atoms with E-state index in [1.807, 2.05) is 52.0 Å². The van der Waals surface area contributed by atoms with E-state index < -0.39 is 0 Å². The van der Waals surface area contributed by atoms with Gasteiger partial charge in [-0.25, -0.2) is 4.79 Å². The molecular formula is C14H16O2. The van der Waals surface area contributed by atoms with Gasteiger partial charge in [-0.05, 0) is 30.5 Å². The van der Waals surface area contributed by atoms with Crippen LogP contribution < -0.4 is 5.63 Å². The highest BCUT2D eigenvalue weighted by Crippen LogP contribution is 2.23. The molecule has 0 aliphatic carbocycles. The summed E-state index contributed by atoms with van der Waals surface area (Å²) in [5, 5.41) is 0.990. The van der Waals surface area contributed by atoms with Crippen molar-refractivity contribution < 1.29 is 4.42 Å². The van der Waals surface area contributed by atoms with Crippen molar-refractivity contribution in [3.63, 3.8) is 0 Å². The van der Waals surface area contributed by atoms with Gasteiger partial charge in [0.25, 0.3) is 0 Å². The molecule has 0 bridgehead atoms. The molecule has 2 aromatic rings. The molecule has 0 spiro atoms. The summed E-state index contributed by atoms with van der Waals surface area (Å²) in [7, 11) is 0. The monoisotopic (exact) mass is 216 g/mol. The second-order valence-electron chi connectivity index (χ2n) is 5.24. The maximum atomic E-state index is 11.8. The first-order chi connectivity index (χ1) is 7.38. The van der Waals surface area contributed by atoms with E-state index in [2.05, 4.69) is 0 Å². The smallest absolute Gasteiger partial charge is 0.339 e. The highest BCUT2D eigenvalue weighted by Gasteiger charge is 2.19. The highest BCUT2D eigenvalue weighted by atomic mass is 16.4. The zero-order chi connectivity index (χ0) is 11.9. The average Bonchev–Trinajstić information content (AvgIpc) is 2.16. The third kappa shape index (κ3) is 1.87. The first-order valence-electron chi connectivity index (χ1n) is 5.43. The molecule has 0 amide bonds. The Balaban J connectivity index is 2.79. The molecule has 2 nitrogen and oxygen atoms in total. The van der Waals surface area contributed by atoms with Gasteiger partial charge in [0.15, 0.2) is 0 Å². The fraction of sp³-hybridized carbons (Fsp3) is 0.357. The van der Waals surface area contributed by atoms with E-state index in [-0.39, 0.29) is 11.0 Å². The maximum Gasteiger partial charge on any atom is 0.339 e. The van der Waals surface area contributed by atoms with Gasteiger partial charge in [-0.2, -0.15) is 0 Å². The van der Waals surface area contributed by atoms with Gasteiger partial charge in [0.1, 0.15) is 5.58 Å². The third-order valence-corrected chi connectivity index (χ3v) is 2.70. The minimum absolute atomic E-state index is 0.182. The lowest BCUT2D eigenvalue weighted by Gasteiger charge is -2.17. The summed E-state index contributed by atoms with van der Waals surface area (Å²) < 4.78 is 5.32. The number of fused-ring (bicyclic) bond motifs is 1. The van der Waals surface area contributed by atoms with E-state index in [4.69, 9.17) is 4.42 Å². The van der Waals surface area contributed by atoms with Crippen molar-refractivity contribution in [2.75, 3.05) is 0 Å². The fourth-order valence-electron chi connectivity index (χ4n) is 1.77. The Bertz CT molecular complexity index is 586. The van der Waals surface area contributed by atoms with Gasteiger partial charge in [0.2, 0.25) is 0 Å². The summed E-state index contributed by atoms with van der Waals surface area (Å²) in [5.74, 6) is 0. The lowest BCUT2D eigenvalue weighted by atomic mass is 9.88. The number of hydrogen-bond donors (Lipinski definition) is 0. The summed E-state index contributed by atoms with van der Waals surface area (Å²) in [6, 6.07) is 7.77. The summed E-state index contributed by atoms with van der Waals surface area (Å²) in [5.41, 5.74) is 2.14. The second-order valence-corrected chi connectivity index (χ2v) is 5.24. The molecule has 0 saturated heterocycles. The Hall–Kier alpha value is -1.57. The van der Waals surface area contributed by atoms with Crippen LogP contribution in [0.15, 0.2) is 33.5 Å². The molecule has 0 saturated carbocycles. The van der Waals surface area contributed by atoms with Crippen molar-refractivity contribution in [2.24, 2.45) is 0 Å². The Labute approximate surface area is 94.9 Å². The van der Waals surface area contributed by atoms with Gasteiger partial charge >= 0.3 is 5.63 Å². The minimum Gasteiger partial charge on any atom is -0.423 e. The third-order valence-electron chi connectivity index (χ3n) is 2.70. The predicted octanol–water partition coefficient (Wildman–Crippen LogP) is 3.40. The minimum atomic E-state index is -0.233. The average molecular weight is 216 g/mol. The maximum absolute atomic E-state index is 11.8. The molecule has 2 rings (SSSR count). The van der Waals surface area contributed by atoms with E-state index >= 15 is 0 Å². The van der Waals surface area contributed by atoms with Crippen molar-refractivity contribution in [2.45, 2.75) is 33.1 Å². The molecule has 1 heterocycles. The first kappa shape index (κ1) is 10.9. The van der Waals surface area contributed by atoms with E-state index in [0.29, 0.717) is 5.58 Å². The van der Waals surface area contributed by atoms with Crippen molar-refractivity contribution >= 4 is 11.0 Å². The normalized spacial score (nSPS) is 12.0. The van der Waals surface area contributed by atoms with Crippen LogP contribution in [-0.2, 0) is 5.41 Å². The standard InChI is InChI=1S/C14H16O2/c1-9-5-6-12-10(7-9)8-11(13(15)16-12)14(2,3)4/h5-8H,1-4H3. The van der Waals surface area contributed by atoms with Gasteiger partial charge in [-0.15, -0.1) is 0 Å². The zero-order valence-electron chi connectivity index (χ0n) is 10.1. The summed E-state index contributed by atoms with van der Waals surface area (Å²) in [6.45, 7) is 8.07. The molecule has 2 heteroatoms. The van der Waals surface area contributed by atoms with E-state index in [9.17, 15) is 4.79 Å². The molecule has 0 aliphatic heterocycles. The van der Waals surface area contributed by atoms with Gasteiger partial charge < -0.3 is 4.42 Å².